The number of thiazole rings is 1. The molecule has 6 nitrogen and oxygen atoms in total. The molecule has 0 radical (unpaired) electrons. The van der Waals surface area contributed by atoms with Gasteiger partial charge >= 0.3 is 5.97 Å². The molecule has 0 aliphatic rings. The molecule has 0 saturated carbocycles. The largest absolute Gasteiger partial charge is 0.508 e. The van der Waals surface area contributed by atoms with Crippen LogP contribution >= 0.6 is 11.3 Å². The molecule has 2 heterocycles. The first-order chi connectivity index (χ1) is 10.1. The zero-order valence-corrected chi connectivity index (χ0v) is 12.3. The van der Waals surface area contributed by atoms with Gasteiger partial charge in [0, 0.05) is 6.07 Å². The summed E-state index contributed by atoms with van der Waals surface area (Å²) in [7, 11) is 0. The molecule has 0 unspecified atom stereocenters. The minimum Gasteiger partial charge on any atom is -0.508 e. The van der Waals surface area contributed by atoms with E-state index in [1.807, 2.05) is 0 Å². The Morgan fingerprint density at radius 2 is 2.29 bits per heavy atom. The summed E-state index contributed by atoms with van der Waals surface area (Å²) in [6.07, 6.45) is 1.62. The van der Waals surface area contributed by atoms with E-state index < -0.39 is 0 Å². The molecule has 0 bridgehead atoms. The number of rotatable bonds is 3. The number of phenols is 1. The molecule has 1 aromatic carbocycles. The maximum atomic E-state index is 11.8. The van der Waals surface area contributed by atoms with Crippen LogP contribution in [0, 0.1) is 6.92 Å². The Hall–Kier alpha value is -2.41. The van der Waals surface area contributed by atoms with Crippen LogP contribution in [0.25, 0.3) is 16.2 Å². The zero-order chi connectivity index (χ0) is 15.0. The number of phenolic OH excluding ortho intramolecular Hbond substituents is 1. The van der Waals surface area contributed by atoms with Gasteiger partial charge in [-0.15, -0.1) is 0 Å². The van der Waals surface area contributed by atoms with Crippen LogP contribution in [0.1, 0.15) is 22.3 Å². The molecule has 21 heavy (non-hydrogen) atoms. The molecule has 7 heteroatoms. The monoisotopic (exact) mass is 303 g/mol. The number of nitrogens with zero attached hydrogens (tertiary/aromatic N) is 3. The minimum atomic E-state index is -0.369. The number of hydrogen-bond donors (Lipinski definition) is 1. The average molecular weight is 303 g/mol. The smallest absolute Gasteiger partial charge is 0.350 e. The Labute approximate surface area is 124 Å². The van der Waals surface area contributed by atoms with Crippen LogP contribution in [-0.2, 0) is 4.74 Å². The van der Waals surface area contributed by atoms with Gasteiger partial charge in [0.1, 0.15) is 17.0 Å². The third-order valence-electron chi connectivity index (χ3n) is 2.98. The number of aryl methyl sites for hydroxylation is 1. The highest BCUT2D eigenvalue weighted by Crippen LogP contribution is 2.27. The van der Waals surface area contributed by atoms with Gasteiger partial charge in [0.15, 0.2) is 5.13 Å². The van der Waals surface area contributed by atoms with Crippen LogP contribution in [0.2, 0.25) is 0 Å². The lowest BCUT2D eigenvalue weighted by atomic mass is 10.3. The molecule has 0 fully saturated rings. The number of fused-ring (bicyclic) bond motifs is 1. The Morgan fingerprint density at radius 1 is 1.48 bits per heavy atom. The Morgan fingerprint density at radius 3 is 3.05 bits per heavy atom. The quantitative estimate of drug-likeness (QED) is 0.753. The van der Waals surface area contributed by atoms with Crippen LogP contribution in [0.3, 0.4) is 0 Å². The highest BCUT2D eigenvalue weighted by molar-refractivity contribution is 7.16. The summed E-state index contributed by atoms with van der Waals surface area (Å²) in [5, 5.41) is 10.2. The molecule has 108 valence electrons. The fourth-order valence-corrected chi connectivity index (χ4v) is 2.96. The van der Waals surface area contributed by atoms with Crippen LogP contribution in [0.15, 0.2) is 24.5 Å². The first kappa shape index (κ1) is 13.6. The summed E-state index contributed by atoms with van der Waals surface area (Å²) in [5.74, 6) is -0.214. The van der Waals surface area contributed by atoms with Crippen molar-refractivity contribution >= 4 is 28.3 Å². The van der Waals surface area contributed by atoms with Crippen molar-refractivity contribution in [2.45, 2.75) is 13.8 Å². The second kappa shape index (κ2) is 5.17. The van der Waals surface area contributed by atoms with E-state index in [1.54, 1.807) is 42.9 Å². The van der Waals surface area contributed by atoms with Crippen LogP contribution in [0.5, 0.6) is 5.75 Å². The number of carbonyl (C=O) groups is 1. The highest BCUT2D eigenvalue weighted by atomic mass is 32.1. The van der Waals surface area contributed by atoms with E-state index in [-0.39, 0.29) is 11.7 Å². The molecule has 2 aromatic heterocycles. The van der Waals surface area contributed by atoms with Gasteiger partial charge in [0.25, 0.3) is 0 Å². The van der Waals surface area contributed by atoms with Crippen molar-refractivity contribution in [3.8, 4) is 10.9 Å². The molecule has 0 atom stereocenters. The SMILES string of the molecule is CCOC(=O)c1sc(-n2cnc3ccc(O)cc32)nc1C. The second-order valence-corrected chi connectivity index (χ2v) is 5.40. The summed E-state index contributed by atoms with van der Waals surface area (Å²) in [4.78, 5) is 21.0. The molecule has 0 saturated heterocycles. The number of esters is 1. The lowest BCUT2D eigenvalue weighted by molar-refractivity contribution is 0.0531. The fourth-order valence-electron chi connectivity index (χ4n) is 2.02. The van der Waals surface area contributed by atoms with Crippen molar-refractivity contribution in [1.29, 1.82) is 0 Å². The number of hydrogen-bond acceptors (Lipinski definition) is 6. The van der Waals surface area contributed by atoms with E-state index in [0.29, 0.717) is 22.3 Å². The fraction of sp³-hybridized carbons (Fsp3) is 0.214. The Balaban J connectivity index is 2.09. The van der Waals surface area contributed by atoms with Crippen LogP contribution < -0.4 is 0 Å². The number of ether oxygens (including phenoxy) is 1. The lowest BCUT2D eigenvalue weighted by Crippen LogP contribution is -2.03. The van der Waals surface area contributed by atoms with Gasteiger partial charge in [0.2, 0.25) is 0 Å². The number of aromatic nitrogens is 3. The number of aromatic hydroxyl groups is 1. The number of carbonyl (C=O) groups excluding carboxylic acids is 1. The van der Waals surface area contributed by atoms with Crippen molar-refractivity contribution < 1.29 is 14.6 Å². The van der Waals surface area contributed by atoms with E-state index >= 15 is 0 Å². The van der Waals surface area contributed by atoms with E-state index in [2.05, 4.69) is 9.97 Å². The van der Waals surface area contributed by atoms with E-state index in [9.17, 15) is 9.90 Å². The van der Waals surface area contributed by atoms with Crippen molar-refractivity contribution in [2.24, 2.45) is 0 Å². The van der Waals surface area contributed by atoms with E-state index in [0.717, 1.165) is 11.0 Å². The predicted octanol–water partition coefficient (Wildman–Crippen LogP) is 2.67. The first-order valence-electron chi connectivity index (χ1n) is 6.41. The van der Waals surface area contributed by atoms with Gasteiger partial charge in [-0.3, -0.25) is 4.57 Å². The van der Waals surface area contributed by atoms with Crippen molar-refractivity contribution in [2.75, 3.05) is 6.61 Å². The minimum absolute atomic E-state index is 0.156. The average Bonchev–Trinajstić information content (AvgIpc) is 3.02. The van der Waals surface area contributed by atoms with Gasteiger partial charge in [0.05, 0.1) is 23.3 Å². The third-order valence-corrected chi connectivity index (χ3v) is 4.12. The Kier molecular flexibility index (Phi) is 3.34. The highest BCUT2D eigenvalue weighted by Gasteiger charge is 2.18. The van der Waals surface area contributed by atoms with E-state index in [4.69, 9.17) is 4.74 Å². The summed E-state index contributed by atoms with van der Waals surface area (Å²) in [6, 6.07) is 4.92. The molecule has 0 aliphatic carbocycles. The predicted molar refractivity (Wildman–Crippen MR) is 79.1 cm³/mol. The van der Waals surface area contributed by atoms with Gasteiger partial charge in [-0.25, -0.2) is 14.8 Å². The topological polar surface area (TPSA) is 77.2 Å². The third kappa shape index (κ3) is 2.36. The van der Waals surface area contributed by atoms with Crippen molar-refractivity contribution in [1.82, 2.24) is 14.5 Å². The zero-order valence-electron chi connectivity index (χ0n) is 11.5. The van der Waals surface area contributed by atoms with Crippen LogP contribution in [-0.4, -0.2) is 32.2 Å². The molecule has 1 N–H and O–H groups in total. The molecule has 3 aromatic rings. The Bertz CT molecular complexity index is 822. The molecular formula is C14H13N3O3S. The molecule has 0 amide bonds. The number of imidazole rings is 1. The van der Waals surface area contributed by atoms with Crippen molar-refractivity contribution in [3.05, 3.63) is 35.1 Å². The van der Waals surface area contributed by atoms with Gasteiger partial charge in [-0.05, 0) is 26.0 Å². The molecular weight excluding hydrogens is 290 g/mol. The van der Waals surface area contributed by atoms with Gasteiger partial charge in [-0.2, -0.15) is 0 Å². The van der Waals surface area contributed by atoms with Crippen molar-refractivity contribution in [3.63, 3.8) is 0 Å². The van der Waals surface area contributed by atoms with E-state index in [1.165, 1.54) is 11.3 Å². The summed E-state index contributed by atoms with van der Waals surface area (Å²) >= 11 is 1.24. The maximum Gasteiger partial charge on any atom is 0.350 e. The summed E-state index contributed by atoms with van der Waals surface area (Å²) in [5.41, 5.74) is 2.10. The molecule has 0 aliphatic heterocycles. The van der Waals surface area contributed by atoms with Gasteiger partial charge < -0.3 is 9.84 Å². The maximum absolute atomic E-state index is 11.8. The normalized spacial score (nSPS) is 11.0. The number of benzene rings is 1. The first-order valence-corrected chi connectivity index (χ1v) is 7.22. The van der Waals surface area contributed by atoms with Crippen LogP contribution in [0.4, 0.5) is 0 Å². The second-order valence-electron chi connectivity index (χ2n) is 4.42. The molecule has 3 rings (SSSR count). The van der Waals surface area contributed by atoms with Gasteiger partial charge in [-0.1, -0.05) is 11.3 Å². The molecule has 0 spiro atoms. The summed E-state index contributed by atoms with van der Waals surface area (Å²) < 4.78 is 6.76. The standard InChI is InChI=1S/C14H13N3O3S/c1-3-20-13(19)12-8(2)16-14(21-12)17-7-15-10-5-4-9(18)6-11(10)17/h4-7,18H,3H2,1-2H3. The lowest BCUT2D eigenvalue weighted by Gasteiger charge is -1.99. The summed E-state index contributed by atoms with van der Waals surface area (Å²) in [6.45, 7) is 3.86.